The van der Waals surface area contributed by atoms with E-state index in [4.69, 9.17) is 0 Å². The fourth-order valence-corrected chi connectivity index (χ4v) is 2.77. The molecule has 1 atom stereocenters. The van der Waals surface area contributed by atoms with Crippen LogP contribution in [0.5, 0.6) is 0 Å². The molecular weight excluding hydrogens is 318 g/mol. The minimum Gasteiger partial charge on any atom is -0.352 e. The van der Waals surface area contributed by atoms with Crippen molar-refractivity contribution in [2.24, 2.45) is 0 Å². The average Bonchev–Trinajstić information content (AvgIpc) is 2.60. The van der Waals surface area contributed by atoms with Crippen LogP contribution in [0.2, 0.25) is 0 Å². The van der Waals surface area contributed by atoms with Gasteiger partial charge in [0.15, 0.2) is 0 Å². The summed E-state index contributed by atoms with van der Waals surface area (Å²) in [5.74, 6) is -0.263. The molecule has 0 aliphatic rings. The molecule has 1 N–H and O–H groups in total. The van der Waals surface area contributed by atoms with Gasteiger partial charge in [-0.1, -0.05) is 18.2 Å². The van der Waals surface area contributed by atoms with E-state index in [1.54, 1.807) is 30.7 Å². The summed E-state index contributed by atoms with van der Waals surface area (Å²) in [5, 5.41) is 8.49. The van der Waals surface area contributed by atoms with E-state index in [0.29, 0.717) is 11.8 Å². The second-order valence-corrected chi connectivity index (χ2v) is 5.96. The first-order valence-electron chi connectivity index (χ1n) is 8.05. The summed E-state index contributed by atoms with van der Waals surface area (Å²) in [7, 11) is 0. The molecule has 1 aromatic carbocycles. The molecule has 2 aromatic heterocycles. The van der Waals surface area contributed by atoms with E-state index in [9.17, 15) is 9.59 Å². The molecule has 7 heteroatoms. The van der Waals surface area contributed by atoms with Crippen molar-refractivity contribution in [2.75, 3.05) is 0 Å². The highest BCUT2D eigenvalue weighted by molar-refractivity contribution is 5.83. The molecule has 1 amide bonds. The Kier molecular flexibility index (Phi) is 4.83. The summed E-state index contributed by atoms with van der Waals surface area (Å²) < 4.78 is 1.21. The van der Waals surface area contributed by atoms with Crippen molar-refractivity contribution in [3.63, 3.8) is 0 Å². The SMILES string of the molecule is Cc1nn(CC(=O)N[C@@H](C)Cc2cnccn2)c(=O)c2ccccc12. The number of carbonyl (C=O) groups is 1. The lowest BCUT2D eigenvalue weighted by Crippen LogP contribution is -2.39. The number of rotatable bonds is 5. The van der Waals surface area contributed by atoms with E-state index in [2.05, 4.69) is 20.4 Å². The molecule has 3 aromatic rings. The minimum absolute atomic E-state index is 0.116. The Hall–Kier alpha value is -3.09. The Morgan fingerprint density at radius 2 is 2.00 bits per heavy atom. The van der Waals surface area contributed by atoms with Gasteiger partial charge in [0.1, 0.15) is 6.54 Å². The maximum Gasteiger partial charge on any atom is 0.275 e. The second kappa shape index (κ2) is 7.21. The third kappa shape index (κ3) is 3.88. The van der Waals surface area contributed by atoms with Crippen LogP contribution in [0, 0.1) is 6.92 Å². The van der Waals surface area contributed by atoms with E-state index in [0.717, 1.165) is 16.8 Å². The Labute approximate surface area is 144 Å². The summed E-state index contributed by atoms with van der Waals surface area (Å²) in [6.07, 6.45) is 5.46. The summed E-state index contributed by atoms with van der Waals surface area (Å²) >= 11 is 0. The molecule has 0 bridgehead atoms. The van der Waals surface area contributed by atoms with Crippen molar-refractivity contribution in [2.45, 2.75) is 32.9 Å². The van der Waals surface area contributed by atoms with Gasteiger partial charge >= 0.3 is 0 Å². The largest absolute Gasteiger partial charge is 0.352 e. The van der Waals surface area contributed by atoms with Gasteiger partial charge in [0, 0.05) is 36.4 Å². The van der Waals surface area contributed by atoms with Crippen LogP contribution in [0.25, 0.3) is 10.8 Å². The molecule has 7 nitrogen and oxygen atoms in total. The zero-order valence-corrected chi connectivity index (χ0v) is 14.1. The van der Waals surface area contributed by atoms with Crippen LogP contribution in [0.1, 0.15) is 18.3 Å². The standard InChI is InChI=1S/C18H19N5O2/c1-12(9-14-10-19-7-8-20-14)21-17(24)11-23-18(25)16-6-4-3-5-15(16)13(2)22-23/h3-8,10,12H,9,11H2,1-2H3,(H,21,24)/t12-/m0/s1. The highest BCUT2D eigenvalue weighted by atomic mass is 16.2. The lowest BCUT2D eigenvalue weighted by molar-refractivity contribution is -0.122. The predicted molar refractivity (Wildman–Crippen MR) is 94.1 cm³/mol. The van der Waals surface area contributed by atoms with Crippen LogP contribution < -0.4 is 10.9 Å². The van der Waals surface area contributed by atoms with Gasteiger partial charge in [-0.2, -0.15) is 5.10 Å². The number of nitrogens with zero attached hydrogens (tertiary/aromatic N) is 4. The maximum atomic E-state index is 12.5. The quantitative estimate of drug-likeness (QED) is 0.756. The van der Waals surface area contributed by atoms with Crippen molar-refractivity contribution in [3.05, 3.63) is 64.6 Å². The van der Waals surface area contributed by atoms with Gasteiger partial charge in [-0.3, -0.25) is 19.6 Å². The molecule has 0 saturated heterocycles. The first-order valence-corrected chi connectivity index (χ1v) is 8.05. The van der Waals surface area contributed by atoms with Crippen LogP contribution in [0.4, 0.5) is 0 Å². The molecule has 3 rings (SSSR count). The van der Waals surface area contributed by atoms with Crippen LogP contribution in [-0.2, 0) is 17.8 Å². The number of nitrogens with one attached hydrogen (secondary N) is 1. The molecule has 0 aliphatic heterocycles. The number of benzene rings is 1. The van der Waals surface area contributed by atoms with Crippen LogP contribution in [0.15, 0.2) is 47.7 Å². The highest BCUT2D eigenvalue weighted by Gasteiger charge is 2.13. The fraction of sp³-hybridized carbons (Fsp3) is 0.278. The molecule has 0 unspecified atom stereocenters. The van der Waals surface area contributed by atoms with Crippen molar-refractivity contribution >= 4 is 16.7 Å². The van der Waals surface area contributed by atoms with Gasteiger partial charge in [0.25, 0.3) is 5.56 Å². The Morgan fingerprint density at radius 3 is 2.72 bits per heavy atom. The number of hydrogen-bond donors (Lipinski definition) is 1. The van der Waals surface area contributed by atoms with Crippen molar-refractivity contribution in [3.8, 4) is 0 Å². The summed E-state index contributed by atoms with van der Waals surface area (Å²) in [4.78, 5) is 33.0. The zero-order chi connectivity index (χ0) is 17.8. The van der Waals surface area contributed by atoms with E-state index >= 15 is 0 Å². The van der Waals surface area contributed by atoms with Gasteiger partial charge in [-0.05, 0) is 19.9 Å². The van der Waals surface area contributed by atoms with Crippen LogP contribution in [0.3, 0.4) is 0 Å². The summed E-state index contributed by atoms with van der Waals surface area (Å²) in [6, 6.07) is 7.14. The van der Waals surface area contributed by atoms with Crippen LogP contribution >= 0.6 is 0 Å². The summed E-state index contributed by atoms with van der Waals surface area (Å²) in [6.45, 7) is 3.59. The van der Waals surface area contributed by atoms with E-state index in [1.807, 2.05) is 26.0 Å². The average molecular weight is 337 g/mol. The summed E-state index contributed by atoms with van der Waals surface area (Å²) in [5.41, 5.74) is 1.25. The number of hydrogen-bond acceptors (Lipinski definition) is 5. The lowest BCUT2D eigenvalue weighted by Gasteiger charge is -2.14. The fourth-order valence-electron chi connectivity index (χ4n) is 2.77. The number of aromatic nitrogens is 4. The van der Waals surface area contributed by atoms with Crippen molar-refractivity contribution in [1.82, 2.24) is 25.1 Å². The first-order chi connectivity index (χ1) is 12.0. The number of amides is 1. The number of carbonyl (C=O) groups excluding carboxylic acids is 1. The molecule has 0 spiro atoms. The molecule has 2 heterocycles. The third-order valence-corrected chi connectivity index (χ3v) is 3.89. The molecule has 0 aliphatic carbocycles. The number of fused-ring (bicyclic) bond motifs is 1. The van der Waals surface area contributed by atoms with E-state index in [-0.39, 0.29) is 24.1 Å². The molecule has 128 valence electrons. The van der Waals surface area contributed by atoms with E-state index in [1.165, 1.54) is 4.68 Å². The third-order valence-electron chi connectivity index (χ3n) is 3.89. The smallest absolute Gasteiger partial charge is 0.275 e. The monoisotopic (exact) mass is 337 g/mol. The normalized spacial score (nSPS) is 12.1. The highest BCUT2D eigenvalue weighted by Crippen LogP contribution is 2.11. The first kappa shape index (κ1) is 16.8. The Balaban J connectivity index is 1.72. The predicted octanol–water partition coefficient (Wildman–Crippen LogP) is 1.24. The minimum atomic E-state index is -0.266. The molecule has 0 saturated carbocycles. The maximum absolute atomic E-state index is 12.5. The molecular formula is C18H19N5O2. The van der Waals surface area contributed by atoms with Gasteiger partial charge < -0.3 is 5.32 Å². The molecule has 25 heavy (non-hydrogen) atoms. The van der Waals surface area contributed by atoms with Gasteiger partial charge in [-0.15, -0.1) is 0 Å². The number of aryl methyl sites for hydroxylation is 1. The Bertz CT molecular complexity index is 953. The van der Waals surface area contributed by atoms with Crippen molar-refractivity contribution < 1.29 is 4.79 Å². The van der Waals surface area contributed by atoms with Crippen molar-refractivity contribution in [1.29, 1.82) is 0 Å². The van der Waals surface area contributed by atoms with Gasteiger partial charge in [0.2, 0.25) is 5.91 Å². The lowest BCUT2D eigenvalue weighted by atomic mass is 10.1. The molecule has 0 fully saturated rings. The molecule has 0 radical (unpaired) electrons. The Morgan fingerprint density at radius 1 is 1.24 bits per heavy atom. The topological polar surface area (TPSA) is 89.8 Å². The van der Waals surface area contributed by atoms with E-state index < -0.39 is 0 Å². The van der Waals surface area contributed by atoms with Gasteiger partial charge in [0.05, 0.1) is 16.8 Å². The zero-order valence-electron chi connectivity index (χ0n) is 14.1. The van der Waals surface area contributed by atoms with Gasteiger partial charge in [-0.25, -0.2) is 4.68 Å². The van der Waals surface area contributed by atoms with Crippen LogP contribution in [-0.4, -0.2) is 31.7 Å². The second-order valence-electron chi connectivity index (χ2n) is 5.96.